The highest BCUT2D eigenvalue weighted by Crippen LogP contribution is 2.21. The van der Waals surface area contributed by atoms with Gasteiger partial charge < -0.3 is 15.5 Å². The van der Waals surface area contributed by atoms with Crippen LogP contribution in [-0.2, 0) is 0 Å². The Morgan fingerprint density at radius 3 is 3.00 bits per heavy atom. The molecule has 0 bridgehead atoms. The van der Waals surface area contributed by atoms with E-state index in [1.54, 1.807) is 23.9 Å². The highest BCUT2D eigenvalue weighted by atomic mass is 16.3. The van der Waals surface area contributed by atoms with Gasteiger partial charge in [-0.3, -0.25) is 0 Å². The molecule has 0 fully saturated rings. The first-order valence-electron chi connectivity index (χ1n) is 5.16. The monoisotopic (exact) mass is 229 g/mol. The van der Waals surface area contributed by atoms with Crippen molar-refractivity contribution >= 4 is 17.3 Å². The van der Waals surface area contributed by atoms with Gasteiger partial charge in [-0.25, -0.2) is 4.98 Å². The summed E-state index contributed by atoms with van der Waals surface area (Å²) in [6.07, 6.45) is 1.61. The standard InChI is InChI=1S/C11H11N5O/c1-13-10-6-9(12)16-11(14-10)5-7(15-16)8-3-2-4-17-8/h2-6H,12H2,1H3,(H,13,14). The second kappa shape index (κ2) is 3.51. The fraction of sp³-hybridized carbons (Fsp3) is 0.0909. The van der Waals surface area contributed by atoms with Gasteiger partial charge in [0.2, 0.25) is 0 Å². The van der Waals surface area contributed by atoms with Gasteiger partial charge in [-0.2, -0.15) is 9.61 Å². The fourth-order valence-corrected chi connectivity index (χ4v) is 1.67. The lowest BCUT2D eigenvalue weighted by Crippen LogP contribution is -2.02. The number of hydrogen-bond acceptors (Lipinski definition) is 5. The first-order chi connectivity index (χ1) is 8.28. The van der Waals surface area contributed by atoms with Crippen molar-refractivity contribution in [2.75, 3.05) is 18.1 Å². The number of rotatable bonds is 2. The molecule has 0 aliphatic rings. The zero-order chi connectivity index (χ0) is 11.8. The largest absolute Gasteiger partial charge is 0.463 e. The van der Waals surface area contributed by atoms with Gasteiger partial charge >= 0.3 is 0 Å². The lowest BCUT2D eigenvalue weighted by atomic mass is 10.3. The third-order valence-corrected chi connectivity index (χ3v) is 2.48. The number of nitrogens with one attached hydrogen (secondary N) is 1. The molecule has 3 aromatic rings. The molecule has 3 heterocycles. The molecule has 0 saturated carbocycles. The molecule has 6 heteroatoms. The van der Waals surface area contributed by atoms with E-state index < -0.39 is 0 Å². The normalized spacial score (nSPS) is 10.9. The molecular weight excluding hydrogens is 218 g/mol. The number of nitrogens with zero attached hydrogens (tertiary/aromatic N) is 3. The topological polar surface area (TPSA) is 81.4 Å². The van der Waals surface area contributed by atoms with Gasteiger partial charge in [0.15, 0.2) is 11.4 Å². The first kappa shape index (κ1) is 9.71. The minimum absolute atomic E-state index is 0.525. The summed E-state index contributed by atoms with van der Waals surface area (Å²) in [5.41, 5.74) is 7.28. The predicted octanol–water partition coefficient (Wildman–Crippen LogP) is 1.61. The van der Waals surface area contributed by atoms with Crippen LogP contribution in [0.4, 0.5) is 11.6 Å². The lowest BCUT2D eigenvalue weighted by molar-refractivity contribution is 0.579. The van der Waals surface area contributed by atoms with Crippen molar-refractivity contribution in [2.45, 2.75) is 0 Å². The van der Waals surface area contributed by atoms with Crippen molar-refractivity contribution in [1.82, 2.24) is 14.6 Å². The smallest absolute Gasteiger partial charge is 0.160 e. The Morgan fingerprint density at radius 2 is 2.29 bits per heavy atom. The van der Waals surface area contributed by atoms with Gasteiger partial charge in [-0.15, -0.1) is 0 Å². The molecule has 3 aromatic heterocycles. The molecule has 0 unspecified atom stereocenters. The van der Waals surface area contributed by atoms with Gasteiger partial charge in [0.25, 0.3) is 0 Å². The van der Waals surface area contributed by atoms with Gasteiger partial charge in [-0.05, 0) is 12.1 Å². The molecular formula is C11H11N5O. The fourth-order valence-electron chi connectivity index (χ4n) is 1.67. The van der Waals surface area contributed by atoms with Gasteiger partial charge in [0.05, 0.1) is 6.26 Å². The number of aromatic nitrogens is 3. The molecule has 0 atom stereocenters. The summed E-state index contributed by atoms with van der Waals surface area (Å²) in [6.45, 7) is 0. The summed E-state index contributed by atoms with van der Waals surface area (Å²) >= 11 is 0. The van der Waals surface area contributed by atoms with Crippen LogP contribution in [0.15, 0.2) is 34.9 Å². The van der Waals surface area contributed by atoms with Crippen LogP contribution < -0.4 is 11.1 Å². The van der Waals surface area contributed by atoms with E-state index in [2.05, 4.69) is 15.4 Å². The second-order valence-electron chi connectivity index (χ2n) is 3.59. The average Bonchev–Trinajstić information content (AvgIpc) is 2.96. The zero-order valence-corrected chi connectivity index (χ0v) is 9.21. The third-order valence-electron chi connectivity index (χ3n) is 2.48. The molecule has 0 aliphatic heterocycles. The van der Waals surface area contributed by atoms with E-state index in [-0.39, 0.29) is 0 Å². The van der Waals surface area contributed by atoms with Crippen LogP contribution in [0, 0.1) is 0 Å². The van der Waals surface area contributed by atoms with Gasteiger partial charge in [0, 0.05) is 19.2 Å². The molecule has 17 heavy (non-hydrogen) atoms. The van der Waals surface area contributed by atoms with Crippen LogP contribution in [0.5, 0.6) is 0 Å². The molecule has 6 nitrogen and oxygen atoms in total. The number of hydrogen-bond donors (Lipinski definition) is 2. The summed E-state index contributed by atoms with van der Waals surface area (Å²) < 4.78 is 6.87. The van der Waals surface area contributed by atoms with E-state index >= 15 is 0 Å². The minimum atomic E-state index is 0.525. The van der Waals surface area contributed by atoms with Crippen molar-refractivity contribution in [3.63, 3.8) is 0 Å². The molecule has 3 rings (SSSR count). The average molecular weight is 229 g/mol. The van der Waals surface area contributed by atoms with E-state index in [4.69, 9.17) is 10.2 Å². The lowest BCUT2D eigenvalue weighted by Gasteiger charge is -2.02. The Kier molecular flexibility index (Phi) is 2.01. The van der Waals surface area contributed by atoms with Crippen molar-refractivity contribution < 1.29 is 4.42 Å². The summed E-state index contributed by atoms with van der Waals surface area (Å²) in [7, 11) is 1.79. The van der Waals surface area contributed by atoms with E-state index in [1.165, 1.54) is 0 Å². The molecule has 0 aromatic carbocycles. The summed E-state index contributed by atoms with van der Waals surface area (Å²) in [4.78, 5) is 4.35. The number of nitrogens with two attached hydrogens (primary N) is 1. The maximum atomic E-state index is 5.89. The van der Waals surface area contributed by atoms with Crippen molar-refractivity contribution in [3.8, 4) is 11.5 Å². The molecule has 0 spiro atoms. The summed E-state index contributed by atoms with van der Waals surface area (Å²) in [5.74, 6) is 1.93. The summed E-state index contributed by atoms with van der Waals surface area (Å²) in [6, 6.07) is 7.22. The Balaban J connectivity index is 2.22. The van der Waals surface area contributed by atoms with Crippen molar-refractivity contribution in [1.29, 1.82) is 0 Å². The quantitative estimate of drug-likeness (QED) is 0.697. The third kappa shape index (κ3) is 1.50. The maximum absolute atomic E-state index is 5.89. The van der Waals surface area contributed by atoms with Crippen LogP contribution in [0.25, 0.3) is 17.1 Å². The second-order valence-corrected chi connectivity index (χ2v) is 3.59. The maximum Gasteiger partial charge on any atom is 0.160 e. The highest BCUT2D eigenvalue weighted by Gasteiger charge is 2.10. The molecule has 0 amide bonds. The van der Waals surface area contributed by atoms with Gasteiger partial charge in [-0.1, -0.05) is 0 Å². The van der Waals surface area contributed by atoms with Crippen LogP contribution in [0.3, 0.4) is 0 Å². The molecule has 0 radical (unpaired) electrons. The highest BCUT2D eigenvalue weighted by molar-refractivity contribution is 5.63. The first-order valence-corrected chi connectivity index (χ1v) is 5.16. The van der Waals surface area contributed by atoms with Crippen molar-refractivity contribution in [3.05, 3.63) is 30.5 Å². The van der Waals surface area contributed by atoms with Crippen LogP contribution in [0.1, 0.15) is 0 Å². The Hall–Kier alpha value is -2.50. The number of anilines is 2. The van der Waals surface area contributed by atoms with Crippen molar-refractivity contribution in [2.24, 2.45) is 0 Å². The zero-order valence-electron chi connectivity index (χ0n) is 9.21. The van der Waals surface area contributed by atoms with E-state index in [0.717, 1.165) is 0 Å². The van der Waals surface area contributed by atoms with E-state index in [0.29, 0.717) is 28.7 Å². The number of furan rings is 1. The Labute approximate surface area is 97.1 Å². The van der Waals surface area contributed by atoms with Crippen LogP contribution >= 0.6 is 0 Å². The van der Waals surface area contributed by atoms with E-state index in [1.807, 2.05) is 18.2 Å². The molecule has 86 valence electrons. The number of nitrogen functional groups attached to an aromatic ring is 1. The molecule has 0 saturated heterocycles. The van der Waals surface area contributed by atoms with Gasteiger partial charge in [0.1, 0.15) is 17.3 Å². The Bertz CT molecular complexity index is 656. The SMILES string of the molecule is CNc1cc(N)n2nc(-c3ccco3)cc2n1. The molecule has 0 aliphatic carbocycles. The van der Waals surface area contributed by atoms with Crippen LogP contribution in [-0.4, -0.2) is 21.6 Å². The molecule has 3 N–H and O–H groups in total. The van der Waals surface area contributed by atoms with E-state index in [9.17, 15) is 0 Å². The number of fused-ring (bicyclic) bond motifs is 1. The van der Waals surface area contributed by atoms with Crippen LogP contribution in [0.2, 0.25) is 0 Å². The predicted molar refractivity (Wildman–Crippen MR) is 64.6 cm³/mol. The summed E-state index contributed by atoms with van der Waals surface area (Å²) in [5, 5.41) is 7.29. The minimum Gasteiger partial charge on any atom is -0.463 e. The Morgan fingerprint density at radius 1 is 1.41 bits per heavy atom.